The van der Waals surface area contributed by atoms with Crippen molar-refractivity contribution in [3.05, 3.63) is 59.7 Å². The van der Waals surface area contributed by atoms with E-state index in [9.17, 15) is 0 Å². The highest BCUT2D eigenvalue weighted by Crippen LogP contribution is 2.36. The normalized spacial score (nSPS) is 20.6. The van der Waals surface area contributed by atoms with Crippen LogP contribution in [0.25, 0.3) is 0 Å². The summed E-state index contributed by atoms with van der Waals surface area (Å²) in [5, 5.41) is 0. The SMILES string of the molecule is CC1CN2Cc3ccccc3N1Cc1ccccc12. The first kappa shape index (κ1) is 10.9. The Kier molecular flexibility index (Phi) is 2.31. The second-order valence-electron chi connectivity index (χ2n) is 5.61. The van der Waals surface area contributed by atoms with Gasteiger partial charge in [0.25, 0.3) is 0 Å². The molecule has 2 aromatic rings. The Labute approximate surface area is 114 Å². The zero-order chi connectivity index (χ0) is 12.8. The van der Waals surface area contributed by atoms with Crippen LogP contribution in [-0.4, -0.2) is 12.6 Å². The van der Waals surface area contributed by atoms with Crippen molar-refractivity contribution in [3.63, 3.8) is 0 Å². The maximum absolute atomic E-state index is 2.56. The molecule has 2 nitrogen and oxygen atoms in total. The maximum Gasteiger partial charge on any atom is 0.0453 e. The molecule has 0 N–H and O–H groups in total. The number of rotatable bonds is 0. The average molecular weight is 250 g/mol. The van der Waals surface area contributed by atoms with E-state index in [4.69, 9.17) is 0 Å². The number of anilines is 2. The molecule has 2 heteroatoms. The van der Waals surface area contributed by atoms with Crippen LogP contribution in [0.15, 0.2) is 48.5 Å². The van der Waals surface area contributed by atoms with E-state index in [2.05, 4.69) is 65.3 Å². The van der Waals surface area contributed by atoms with Crippen LogP contribution in [-0.2, 0) is 13.1 Å². The van der Waals surface area contributed by atoms with Gasteiger partial charge in [-0.3, -0.25) is 0 Å². The Morgan fingerprint density at radius 1 is 0.842 bits per heavy atom. The van der Waals surface area contributed by atoms with Crippen LogP contribution in [0.2, 0.25) is 0 Å². The lowest BCUT2D eigenvalue weighted by molar-refractivity contribution is 0.645. The van der Waals surface area contributed by atoms with Gasteiger partial charge in [-0.15, -0.1) is 0 Å². The van der Waals surface area contributed by atoms with Crippen molar-refractivity contribution in [2.45, 2.75) is 26.1 Å². The lowest BCUT2D eigenvalue weighted by Gasteiger charge is -2.29. The molecule has 2 aromatic carbocycles. The summed E-state index contributed by atoms with van der Waals surface area (Å²) in [6.07, 6.45) is 0. The predicted octanol–water partition coefficient (Wildman–Crippen LogP) is 3.42. The van der Waals surface area contributed by atoms with E-state index in [0.29, 0.717) is 6.04 Å². The van der Waals surface area contributed by atoms with Gasteiger partial charge in [0.2, 0.25) is 0 Å². The van der Waals surface area contributed by atoms with Gasteiger partial charge in [-0.1, -0.05) is 36.4 Å². The molecule has 2 bridgehead atoms. The van der Waals surface area contributed by atoms with Crippen molar-refractivity contribution in [3.8, 4) is 0 Å². The van der Waals surface area contributed by atoms with Crippen LogP contribution in [0.1, 0.15) is 18.1 Å². The number of fused-ring (bicyclic) bond motifs is 7. The minimum absolute atomic E-state index is 0.552. The monoisotopic (exact) mass is 250 g/mol. The van der Waals surface area contributed by atoms with Crippen molar-refractivity contribution in [1.82, 2.24) is 0 Å². The molecule has 4 rings (SSSR count). The molecule has 0 radical (unpaired) electrons. The van der Waals surface area contributed by atoms with E-state index in [1.54, 1.807) is 0 Å². The second-order valence-corrected chi connectivity index (χ2v) is 5.61. The van der Waals surface area contributed by atoms with Gasteiger partial charge in [0, 0.05) is 37.1 Å². The van der Waals surface area contributed by atoms with E-state index in [1.165, 1.54) is 22.5 Å². The summed E-state index contributed by atoms with van der Waals surface area (Å²) in [6.45, 7) is 5.48. The van der Waals surface area contributed by atoms with Gasteiger partial charge in [0.15, 0.2) is 0 Å². The summed E-state index contributed by atoms with van der Waals surface area (Å²) in [5.41, 5.74) is 5.71. The van der Waals surface area contributed by atoms with Gasteiger partial charge in [-0.05, 0) is 30.2 Å². The Morgan fingerprint density at radius 3 is 2.26 bits per heavy atom. The molecule has 2 heterocycles. The maximum atomic E-state index is 2.56. The molecule has 0 saturated carbocycles. The smallest absolute Gasteiger partial charge is 0.0453 e. The molecule has 0 aromatic heterocycles. The summed E-state index contributed by atoms with van der Waals surface area (Å²) < 4.78 is 0. The highest BCUT2D eigenvalue weighted by atomic mass is 15.3. The van der Waals surface area contributed by atoms with Crippen molar-refractivity contribution >= 4 is 11.4 Å². The third kappa shape index (κ3) is 1.63. The number of para-hydroxylation sites is 2. The number of hydrogen-bond donors (Lipinski definition) is 0. The zero-order valence-electron chi connectivity index (χ0n) is 11.2. The molecule has 1 atom stereocenters. The Morgan fingerprint density at radius 2 is 1.47 bits per heavy atom. The highest BCUT2D eigenvalue weighted by Gasteiger charge is 2.30. The molecule has 2 aliphatic heterocycles. The average Bonchev–Trinajstić information content (AvgIpc) is 2.65. The van der Waals surface area contributed by atoms with E-state index >= 15 is 0 Å². The lowest BCUT2D eigenvalue weighted by Crippen LogP contribution is -2.36. The molecule has 0 saturated heterocycles. The quantitative estimate of drug-likeness (QED) is 0.707. The number of hydrogen-bond acceptors (Lipinski definition) is 2. The third-order valence-electron chi connectivity index (χ3n) is 4.35. The molecular formula is C17H18N2. The largest absolute Gasteiger partial charge is 0.365 e. The fourth-order valence-corrected chi connectivity index (χ4v) is 3.41. The Bertz CT molecular complexity index is 620. The summed E-state index contributed by atoms with van der Waals surface area (Å²) >= 11 is 0. The molecule has 2 aliphatic rings. The molecular weight excluding hydrogens is 232 g/mol. The molecule has 96 valence electrons. The van der Waals surface area contributed by atoms with Crippen LogP contribution in [0.3, 0.4) is 0 Å². The standard InChI is InChI=1S/C17H18N2/c1-13-10-18-11-14-6-3-5-9-17(14)19(13)12-15-7-2-4-8-16(15)18/h2-9,13H,10-12H2,1H3. The van der Waals surface area contributed by atoms with Crippen molar-refractivity contribution in [1.29, 1.82) is 0 Å². The Hall–Kier alpha value is -1.96. The topological polar surface area (TPSA) is 6.48 Å². The van der Waals surface area contributed by atoms with E-state index in [-0.39, 0.29) is 0 Å². The van der Waals surface area contributed by atoms with Gasteiger partial charge in [-0.25, -0.2) is 0 Å². The summed E-state index contributed by atoms with van der Waals surface area (Å²) in [7, 11) is 0. The highest BCUT2D eigenvalue weighted by molar-refractivity contribution is 5.65. The van der Waals surface area contributed by atoms with E-state index < -0.39 is 0 Å². The van der Waals surface area contributed by atoms with Gasteiger partial charge in [0.1, 0.15) is 0 Å². The van der Waals surface area contributed by atoms with E-state index in [1.807, 2.05) is 0 Å². The fraction of sp³-hybridized carbons (Fsp3) is 0.294. The van der Waals surface area contributed by atoms with Crippen LogP contribution in [0, 0.1) is 0 Å². The molecule has 0 fully saturated rings. The lowest BCUT2D eigenvalue weighted by atomic mass is 10.1. The molecule has 0 amide bonds. The first-order chi connectivity index (χ1) is 9.33. The number of nitrogens with zero attached hydrogens (tertiary/aromatic N) is 2. The van der Waals surface area contributed by atoms with Gasteiger partial charge >= 0.3 is 0 Å². The van der Waals surface area contributed by atoms with Crippen LogP contribution in [0.5, 0.6) is 0 Å². The fourth-order valence-electron chi connectivity index (χ4n) is 3.41. The molecule has 0 spiro atoms. The van der Waals surface area contributed by atoms with Crippen molar-refractivity contribution < 1.29 is 0 Å². The summed E-state index contributed by atoms with van der Waals surface area (Å²) in [6, 6.07) is 18.2. The Balaban J connectivity index is 1.92. The predicted molar refractivity (Wildman–Crippen MR) is 79.6 cm³/mol. The number of benzene rings is 2. The molecule has 19 heavy (non-hydrogen) atoms. The first-order valence-electron chi connectivity index (χ1n) is 7.00. The van der Waals surface area contributed by atoms with E-state index in [0.717, 1.165) is 19.6 Å². The van der Waals surface area contributed by atoms with Crippen molar-refractivity contribution in [2.75, 3.05) is 16.3 Å². The van der Waals surface area contributed by atoms with Crippen LogP contribution >= 0.6 is 0 Å². The first-order valence-corrected chi connectivity index (χ1v) is 7.00. The summed E-state index contributed by atoms with van der Waals surface area (Å²) in [4.78, 5) is 5.09. The minimum Gasteiger partial charge on any atom is -0.365 e. The molecule has 0 aliphatic carbocycles. The zero-order valence-corrected chi connectivity index (χ0v) is 11.2. The minimum atomic E-state index is 0.552. The van der Waals surface area contributed by atoms with Crippen LogP contribution in [0.4, 0.5) is 11.4 Å². The van der Waals surface area contributed by atoms with Crippen molar-refractivity contribution in [2.24, 2.45) is 0 Å². The van der Waals surface area contributed by atoms with Gasteiger partial charge in [-0.2, -0.15) is 0 Å². The van der Waals surface area contributed by atoms with Crippen LogP contribution < -0.4 is 9.80 Å². The van der Waals surface area contributed by atoms with Gasteiger partial charge < -0.3 is 9.80 Å². The second kappa shape index (κ2) is 4.02. The summed E-state index contributed by atoms with van der Waals surface area (Å²) in [5.74, 6) is 0. The van der Waals surface area contributed by atoms with Gasteiger partial charge in [0.05, 0.1) is 0 Å². The molecule has 1 unspecified atom stereocenters. The third-order valence-corrected chi connectivity index (χ3v) is 4.35.